The molecule has 3 rings (SSSR count). The van der Waals surface area contributed by atoms with Crippen molar-refractivity contribution in [2.75, 3.05) is 31.5 Å². The zero-order valence-corrected chi connectivity index (χ0v) is 16.4. The van der Waals surface area contributed by atoms with Gasteiger partial charge in [-0.1, -0.05) is 0 Å². The molecule has 2 N–H and O–H groups in total. The second kappa shape index (κ2) is 9.41. The van der Waals surface area contributed by atoms with E-state index in [4.69, 9.17) is 14.2 Å². The summed E-state index contributed by atoms with van der Waals surface area (Å²) in [6, 6.07) is 14.1. The third-order valence-corrected chi connectivity index (χ3v) is 3.98. The van der Waals surface area contributed by atoms with Gasteiger partial charge in [-0.25, -0.2) is 9.78 Å². The second-order valence-corrected chi connectivity index (χ2v) is 5.88. The van der Waals surface area contributed by atoms with Crippen LogP contribution in [0.2, 0.25) is 0 Å². The molecule has 2 aromatic carbocycles. The van der Waals surface area contributed by atoms with Crippen molar-refractivity contribution in [2.45, 2.75) is 6.92 Å². The monoisotopic (exact) mass is 394 g/mol. The van der Waals surface area contributed by atoms with Crippen molar-refractivity contribution < 1.29 is 19.0 Å². The van der Waals surface area contributed by atoms with Gasteiger partial charge >= 0.3 is 5.97 Å². The van der Waals surface area contributed by atoms with E-state index in [1.807, 2.05) is 18.2 Å². The van der Waals surface area contributed by atoms with E-state index in [1.165, 1.54) is 0 Å². The summed E-state index contributed by atoms with van der Waals surface area (Å²) >= 11 is 0. The Balaban J connectivity index is 1.74. The first-order chi connectivity index (χ1) is 14.1. The Morgan fingerprint density at radius 1 is 1.00 bits per heavy atom. The number of nitrogens with zero attached hydrogens (tertiary/aromatic N) is 2. The number of hydrogen-bond donors (Lipinski definition) is 2. The maximum Gasteiger partial charge on any atom is 0.338 e. The van der Waals surface area contributed by atoms with Gasteiger partial charge in [0.25, 0.3) is 0 Å². The fourth-order valence-electron chi connectivity index (χ4n) is 2.57. The minimum Gasteiger partial charge on any atom is -0.497 e. The van der Waals surface area contributed by atoms with Gasteiger partial charge in [-0.15, -0.1) is 0 Å². The van der Waals surface area contributed by atoms with Crippen LogP contribution in [0.1, 0.15) is 17.3 Å². The van der Waals surface area contributed by atoms with E-state index in [0.717, 1.165) is 11.4 Å². The number of rotatable bonds is 8. The lowest BCUT2D eigenvalue weighted by atomic mass is 10.2. The molecular formula is C21H22N4O4. The van der Waals surface area contributed by atoms with Crippen molar-refractivity contribution in [3.05, 3.63) is 60.3 Å². The van der Waals surface area contributed by atoms with Crippen molar-refractivity contribution in [2.24, 2.45) is 0 Å². The molecule has 8 heteroatoms. The zero-order valence-electron chi connectivity index (χ0n) is 16.4. The number of hydrogen-bond acceptors (Lipinski definition) is 8. The molecule has 0 amide bonds. The number of carbonyl (C=O) groups is 1. The highest BCUT2D eigenvalue weighted by Gasteiger charge is 2.09. The SMILES string of the molecule is CCOC(=O)c1ccc(Nc2nccc(Nc3cc(OC)ccc3OC)n2)cc1. The lowest BCUT2D eigenvalue weighted by molar-refractivity contribution is 0.0526. The van der Waals surface area contributed by atoms with Crippen LogP contribution in [0, 0.1) is 0 Å². The predicted octanol–water partition coefficient (Wildman–Crippen LogP) is 4.16. The van der Waals surface area contributed by atoms with Crippen LogP contribution >= 0.6 is 0 Å². The number of esters is 1. The highest BCUT2D eigenvalue weighted by molar-refractivity contribution is 5.89. The molecule has 0 saturated carbocycles. The average molecular weight is 394 g/mol. The molecule has 0 atom stereocenters. The van der Waals surface area contributed by atoms with E-state index >= 15 is 0 Å². The van der Waals surface area contributed by atoms with Gasteiger partial charge in [-0.2, -0.15) is 4.98 Å². The Morgan fingerprint density at radius 3 is 2.48 bits per heavy atom. The number of benzene rings is 2. The van der Waals surface area contributed by atoms with Crippen molar-refractivity contribution >= 4 is 29.1 Å². The molecule has 0 aliphatic heterocycles. The molecule has 0 fully saturated rings. The maximum atomic E-state index is 11.7. The van der Waals surface area contributed by atoms with Gasteiger partial charge in [0.15, 0.2) is 0 Å². The molecule has 0 aliphatic carbocycles. The van der Waals surface area contributed by atoms with Crippen LogP contribution in [-0.4, -0.2) is 36.8 Å². The molecule has 8 nitrogen and oxygen atoms in total. The Hall–Kier alpha value is -3.81. The molecule has 0 unspecified atom stereocenters. The van der Waals surface area contributed by atoms with Gasteiger partial charge in [0, 0.05) is 18.0 Å². The summed E-state index contributed by atoms with van der Waals surface area (Å²) in [6.45, 7) is 2.11. The molecule has 3 aromatic rings. The normalized spacial score (nSPS) is 10.2. The Labute approximate surface area is 168 Å². The second-order valence-electron chi connectivity index (χ2n) is 5.88. The Morgan fingerprint density at radius 2 is 1.79 bits per heavy atom. The number of carbonyl (C=O) groups excluding carboxylic acids is 1. The number of ether oxygens (including phenoxy) is 3. The van der Waals surface area contributed by atoms with Gasteiger partial charge in [-0.05, 0) is 49.4 Å². The Kier molecular flexibility index (Phi) is 6.47. The van der Waals surface area contributed by atoms with E-state index in [2.05, 4.69) is 20.6 Å². The number of anilines is 4. The summed E-state index contributed by atoms with van der Waals surface area (Å²) in [5, 5.41) is 6.31. The molecule has 150 valence electrons. The van der Waals surface area contributed by atoms with Crippen LogP contribution in [0.4, 0.5) is 23.1 Å². The number of methoxy groups -OCH3 is 2. The van der Waals surface area contributed by atoms with Crippen LogP contribution in [0.5, 0.6) is 11.5 Å². The molecule has 0 aliphatic rings. The first-order valence-electron chi connectivity index (χ1n) is 8.99. The van der Waals surface area contributed by atoms with Gasteiger partial charge in [0.2, 0.25) is 5.95 Å². The van der Waals surface area contributed by atoms with E-state index in [1.54, 1.807) is 57.7 Å². The van der Waals surface area contributed by atoms with E-state index < -0.39 is 0 Å². The van der Waals surface area contributed by atoms with Crippen LogP contribution in [0.15, 0.2) is 54.7 Å². The standard InChI is InChI=1S/C21H22N4O4/c1-4-29-20(26)14-5-7-15(8-6-14)23-21-22-12-11-19(25-21)24-17-13-16(27-2)9-10-18(17)28-3/h5-13H,4H2,1-3H3,(H2,22,23,24,25). The summed E-state index contributed by atoms with van der Waals surface area (Å²) < 4.78 is 15.6. The summed E-state index contributed by atoms with van der Waals surface area (Å²) in [4.78, 5) is 20.4. The molecule has 0 bridgehead atoms. The van der Waals surface area contributed by atoms with Crippen molar-refractivity contribution in [1.82, 2.24) is 9.97 Å². The largest absolute Gasteiger partial charge is 0.497 e. The zero-order chi connectivity index (χ0) is 20.6. The predicted molar refractivity (Wildman–Crippen MR) is 111 cm³/mol. The third kappa shape index (κ3) is 5.13. The number of nitrogens with one attached hydrogen (secondary N) is 2. The van der Waals surface area contributed by atoms with Crippen molar-refractivity contribution in [1.29, 1.82) is 0 Å². The first kappa shape index (κ1) is 19.9. The summed E-state index contributed by atoms with van der Waals surface area (Å²) in [7, 11) is 3.20. The molecule has 0 spiro atoms. The lowest BCUT2D eigenvalue weighted by Gasteiger charge is -2.13. The molecular weight excluding hydrogens is 372 g/mol. The molecule has 0 saturated heterocycles. The molecule has 0 radical (unpaired) electrons. The maximum absolute atomic E-state index is 11.7. The fraction of sp³-hybridized carbons (Fsp3) is 0.190. The lowest BCUT2D eigenvalue weighted by Crippen LogP contribution is -2.05. The van der Waals surface area contributed by atoms with E-state index in [-0.39, 0.29) is 5.97 Å². The van der Waals surface area contributed by atoms with Gasteiger partial charge in [0.1, 0.15) is 17.3 Å². The highest BCUT2D eigenvalue weighted by Crippen LogP contribution is 2.31. The molecule has 1 aromatic heterocycles. The number of aromatic nitrogens is 2. The van der Waals surface area contributed by atoms with Gasteiger partial charge in [-0.3, -0.25) is 0 Å². The van der Waals surface area contributed by atoms with Crippen molar-refractivity contribution in [3.8, 4) is 11.5 Å². The van der Waals surface area contributed by atoms with E-state index in [9.17, 15) is 4.79 Å². The quantitative estimate of drug-likeness (QED) is 0.550. The van der Waals surface area contributed by atoms with Crippen LogP contribution in [0.3, 0.4) is 0 Å². The van der Waals surface area contributed by atoms with Gasteiger partial charge in [0.05, 0.1) is 32.1 Å². The fourth-order valence-corrected chi connectivity index (χ4v) is 2.57. The Bertz CT molecular complexity index is 977. The molecule has 1 heterocycles. The minimum absolute atomic E-state index is 0.338. The third-order valence-electron chi connectivity index (χ3n) is 3.98. The minimum atomic E-state index is -0.353. The smallest absolute Gasteiger partial charge is 0.338 e. The summed E-state index contributed by atoms with van der Waals surface area (Å²) in [6.07, 6.45) is 1.64. The summed E-state index contributed by atoms with van der Waals surface area (Å²) in [5.74, 6) is 1.99. The first-order valence-corrected chi connectivity index (χ1v) is 8.99. The van der Waals surface area contributed by atoms with Crippen LogP contribution < -0.4 is 20.1 Å². The van der Waals surface area contributed by atoms with Gasteiger partial charge < -0.3 is 24.8 Å². The van der Waals surface area contributed by atoms with E-state index in [0.29, 0.717) is 35.4 Å². The average Bonchev–Trinajstić information content (AvgIpc) is 2.74. The topological polar surface area (TPSA) is 94.6 Å². The summed E-state index contributed by atoms with van der Waals surface area (Å²) in [5.41, 5.74) is 1.95. The van der Waals surface area contributed by atoms with Crippen LogP contribution in [0.25, 0.3) is 0 Å². The molecule has 29 heavy (non-hydrogen) atoms. The van der Waals surface area contributed by atoms with Crippen molar-refractivity contribution in [3.63, 3.8) is 0 Å². The van der Waals surface area contributed by atoms with Crippen LogP contribution in [-0.2, 0) is 4.74 Å². The highest BCUT2D eigenvalue weighted by atomic mass is 16.5.